The third-order valence-electron chi connectivity index (χ3n) is 4.21. The Morgan fingerprint density at radius 1 is 1.09 bits per heavy atom. The van der Waals surface area contributed by atoms with Crippen LogP contribution in [0.15, 0.2) is 67.3 Å². The molecule has 0 unspecified atom stereocenters. The van der Waals surface area contributed by atoms with Crippen molar-refractivity contribution in [3.05, 3.63) is 83.9 Å². The highest BCUT2D eigenvalue weighted by Gasteiger charge is 2.39. The fourth-order valence-electron chi connectivity index (χ4n) is 3.00. The Kier molecular flexibility index (Phi) is 3.23. The molecule has 0 amide bonds. The van der Waals surface area contributed by atoms with Gasteiger partial charge in [0.05, 0.1) is 11.9 Å². The lowest BCUT2D eigenvalue weighted by Gasteiger charge is -2.33. The highest BCUT2D eigenvalue weighted by molar-refractivity contribution is 6.02. The van der Waals surface area contributed by atoms with E-state index >= 15 is 0 Å². The van der Waals surface area contributed by atoms with Crippen LogP contribution >= 0.6 is 0 Å². The van der Waals surface area contributed by atoms with Crippen molar-refractivity contribution in [2.75, 3.05) is 0 Å². The van der Waals surface area contributed by atoms with E-state index in [0.717, 1.165) is 5.56 Å². The molecule has 0 aliphatic carbocycles. The van der Waals surface area contributed by atoms with Crippen LogP contribution in [0.2, 0.25) is 0 Å². The van der Waals surface area contributed by atoms with Gasteiger partial charge in [-0.1, -0.05) is 42.0 Å². The number of carbonyl (C=O) groups is 1. The lowest BCUT2D eigenvalue weighted by molar-refractivity contribution is 0.0677. The molecule has 0 saturated heterocycles. The van der Waals surface area contributed by atoms with E-state index in [-0.39, 0.29) is 11.9 Å². The zero-order valence-electron chi connectivity index (χ0n) is 12.7. The molecule has 1 aromatic heterocycles. The molecule has 23 heavy (non-hydrogen) atoms. The molecular formula is C19H16N2O2. The minimum atomic E-state index is -0.449. The predicted molar refractivity (Wildman–Crippen MR) is 86.6 cm³/mol. The summed E-state index contributed by atoms with van der Waals surface area (Å²) < 4.78 is 8.02. The minimum absolute atomic E-state index is 0.0513. The van der Waals surface area contributed by atoms with E-state index in [4.69, 9.17) is 4.74 Å². The van der Waals surface area contributed by atoms with Gasteiger partial charge in [-0.25, -0.2) is 4.98 Å². The van der Waals surface area contributed by atoms with E-state index in [1.54, 1.807) is 18.7 Å². The summed E-state index contributed by atoms with van der Waals surface area (Å²) in [5.74, 6) is 0.690. The van der Waals surface area contributed by atoms with Crippen LogP contribution in [0.25, 0.3) is 0 Å². The topological polar surface area (TPSA) is 44.1 Å². The molecule has 3 aromatic rings. The van der Waals surface area contributed by atoms with Crippen molar-refractivity contribution >= 4 is 5.78 Å². The van der Waals surface area contributed by atoms with Crippen molar-refractivity contribution in [1.82, 2.24) is 9.55 Å². The number of aromatic nitrogens is 2. The van der Waals surface area contributed by atoms with Crippen LogP contribution in [0.5, 0.6) is 5.75 Å². The minimum Gasteiger partial charge on any atom is -0.482 e. The summed E-state index contributed by atoms with van der Waals surface area (Å²) in [6.07, 6.45) is 4.79. The van der Waals surface area contributed by atoms with Crippen molar-refractivity contribution in [3.63, 3.8) is 0 Å². The summed E-state index contributed by atoms with van der Waals surface area (Å²) in [5.41, 5.74) is 2.78. The first-order chi connectivity index (χ1) is 11.2. The van der Waals surface area contributed by atoms with Crippen molar-refractivity contribution < 1.29 is 9.53 Å². The van der Waals surface area contributed by atoms with Crippen LogP contribution in [0.3, 0.4) is 0 Å². The van der Waals surface area contributed by atoms with E-state index in [2.05, 4.69) is 4.98 Å². The highest BCUT2D eigenvalue weighted by Crippen LogP contribution is 2.41. The largest absolute Gasteiger partial charge is 0.482 e. The molecule has 1 aliphatic rings. The Hall–Kier alpha value is -2.88. The fraction of sp³-hybridized carbons (Fsp3) is 0.158. The van der Waals surface area contributed by atoms with Crippen LogP contribution in [-0.4, -0.2) is 15.3 Å². The van der Waals surface area contributed by atoms with Gasteiger partial charge in [-0.15, -0.1) is 0 Å². The zero-order valence-corrected chi connectivity index (χ0v) is 12.7. The van der Waals surface area contributed by atoms with Crippen LogP contribution in [0, 0.1) is 6.92 Å². The molecule has 2 aromatic carbocycles. The van der Waals surface area contributed by atoms with Gasteiger partial charge in [-0.2, -0.15) is 0 Å². The standard InChI is InChI=1S/C19H16N2O2/c1-13-6-8-14(9-7-13)19-17(21-11-10-20-12-21)18(22)15-4-2-3-5-16(15)23-19/h2-12,17,19H,1H3/t17-,19+/m1/s1. The van der Waals surface area contributed by atoms with E-state index in [1.165, 1.54) is 5.56 Å². The van der Waals surface area contributed by atoms with Gasteiger partial charge in [-0.05, 0) is 24.6 Å². The summed E-state index contributed by atoms with van der Waals surface area (Å²) in [5, 5.41) is 0. The van der Waals surface area contributed by atoms with Gasteiger partial charge in [0.15, 0.2) is 11.9 Å². The molecule has 2 atom stereocenters. The van der Waals surface area contributed by atoms with E-state index in [1.807, 2.05) is 60.0 Å². The van der Waals surface area contributed by atoms with Gasteiger partial charge in [0.2, 0.25) is 0 Å². The van der Waals surface area contributed by atoms with Crippen LogP contribution < -0.4 is 4.74 Å². The Morgan fingerprint density at radius 2 is 1.87 bits per heavy atom. The molecule has 0 bridgehead atoms. The van der Waals surface area contributed by atoms with E-state index in [9.17, 15) is 4.79 Å². The second-order valence-corrected chi connectivity index (χ2v) is 5.76. The molecule has 114 valence electrons. The average Bonchev–Trinajstić information content (AvgIpc) is 3.09. The number of aryl methyl sites for hydroxylation is 1. The molecular weight excluding hydrogens is 288 g/mol. The average molecular weight is 304 g/mol. The normalized spacial score (nSPS) is 20.0. The Bertz CT molecular complexity index is 838. The number of ketones is 1. The van der Waals surface area contributed by atoms with Crippen molar-refractivity contribution in [3.8, 4) is 5.75 Å². The van der Waals surface area contributed by atoms with Crippen LogP contribution in [0.1, 0.15) is 33.6 Å². The summed E-state index contributed by atoms with van der Waals surface area (Å²) in [6, 6.07) is 15.1. The molecule has 1 aliphatic heterocycles. The summed E-state index contributed by atoms with van der Waals surface area (Å²) >= 11 is 0. The number of hydrogen-bond acceptors (Lipinski definition) is 3. The Balaban J connectivity index is 1.85. The number of Topliss-reactive ketones (excluding diaryl/α,β-unsaturated/α-hetero) is 1. The molecule has 0 N–H and O–H groups in total. The summed E-state index contributed by atoms with van der Waals surface area (Å²) in [7, 11) is 0. The van der Waals surface area contributed by atoms with Gasteiger partial charge in [0, 0.05) is 12.4 Å². The molecule has 4 heteroatoms. The second-order valence-electron chi connectivity index (χ2n) is 5.76. The molecule has 2 heterocycles. The smallest absolute Gasteiger partial charge is 0.193 e. The molecule has 0 saturated carbocycles. The molecule has 4 rings (SSSR count). The number of benzene rings is 2. The summed E-state index contributed by atoms with van der Waals surface area (Å²) in [6.45, 7) is 2.04. The predicted octanol–water partition coefficient (Wildman–Crippen LogP) is 3.75. The quantitative estimate of drug-likeness (QED) is 0.724. The van der Waals surface area contributed by atoms with Gasteiger partial charge in [0.1, 0.15) is 11.8 Å². The van der Waals surface area contributed by atoms with Crippen molar-refractivity contribution in [2.45, 2.75) is 19.1 Å². The lowest BCUT2D eigenvalue weighted by Crippen LogP contribution is -2.33. The number of rotatable bonds is 2. The van der Waals surface area contributed by atoms with Gasteiger partial charge >= 0.3 is 0 Å². The lowest BCUT2D eigenvalue weighted by atomic mass is 9.91. The zero-order chi connectivity index (χ0) is 15.8. The number of carbonyl (C=O) groups excluding carboxylic acids is 1. The first-order valence-electron chi connectivity index (χ1n) is 7.58. The van der Waals surface area contributed by atoms with Gasteiger partial charge < -0.3 is 9.30 Å². The van der Waals surface area contributed by atoms with E-state index in [0.29, 0.717) is 11.3 Å². The number of nitrogens with zero attached hydrogens (tertiary/aromatic N) is 2. The monoisotopic (exact) mass is 304 g/mol. The molecule has 4 nitrogen and oxygen atoms in total. The number of ether oxygens (including phenoxy) is 1. The third-order valence-corrected chi connectivity index (χ3v) is 4.21. The molecule has 0 fully saturated rings. The maximum Gasteiger partial charge on any atom is 0.193 e. The molecule has 0 spiro atoms. The number of fused-ring (bicyclic) bond motifs is 1. The molecule has 0 radical (unpaired) electrons. The van der Waals surface area contributed by atoms with Gasteiger partial charge in [0.25, 0.3) is 0 Å². The third kappa shape index (κ3) is 2.32. The van der Waals surface area contributed by atoms with Crippen molar-refractivity contribution in [2.24, 2.45) is 0 Å². The second kappa shape index (κ2) is 5.39. The highest BCUT2D eigenvalue weighted by atomic mass is 16.5. The Morgan fingerprint density at radius 3 is 2.61 bits per heavy atom. The number of imidazole rings is 1. The first kappa shape index (κ1) is 13.8. The number of para-hydroxylation sites is 1. The SMILES string of the molecule is Cc1ccc([C@@H]2Oc3ccccc3C(=O)[C@H]2n2ccnc2)cc1. The number of hydrogen-bond donors (Lipinski definition) is 0. The Labute approximate surface area is 134 Å². The van der Waals surface area contributed by atoms with Crippen molar-refractivity contribution in [1.29, 1.82) is 0 Å². The summed E-state index contributed by atoms with van der Waals surface area (Å²) in [4.78, 5) is 17.1. The van der Waals surface area contributed by atoms with Crippen LogP contribution in [-0.2, 0) is 0 Å². The maximum atomic E-state index is 13.0. The first-order valence-corrected chi connectivity index (χ1v) is 7.58. The van der Waals surface area contributed by atoms with E-state index < -0.39 is 6.04 Å². The maximum absolute atomic E-state index is 13.0. The van der Waals surface area contributed by atoms with Gasteiger partial charge in [-0.3, -0.25) is 4.79 Å². The van der Waals surface area contributed by atoms with Crippen LogP contribution in [0.4, 0.5) is 0 Å². The fourth-order valence-corrected chi connectivity index (χ4v) is 3.00.